The minimum absolute atomic E-state index is 0.0839. The minimum atomic E-state index is -0.0839. The maximum atomic E-state index is 12.5. The topological polar surface area (TPSA) is 29.1 Å². The molecule has 0 saturated heterocycles. The van der Waals surface area contributed by atoms with E-state index in [1.807, 2.05) is 43.3 Å². The van der Waals surface area contributed by atoms with Gasteiger partial charge in [0.25, 0.3) is 5.91 Å². The smallest absolute Gasteiger partial charge is 0.256 e. The van der Waals surface area contributed by atoms with Crippen molar-refractivity contribution in [2.24, 2.45) is 0 Å². The Hall–Kier alpha value is -0.880. The predicted octanol–water partition coefficient (Wildman–Crippen LogP) is 5.18. The van der Waals surface area contributed by atoms with Crippen LogP contribution in [0, 0.1) is 10.5 Å². The summed E-state index contributed by atoms with van der Waals surface area (Å²) in [6.07, 6.45) is 0.894. The Morgan fingerprint density at radius 2 is 2.05 bits per heavy atom. The molecule has 2 aromatic rings. The zero-order chi connectivity index (χ0) is 14.7. The van der Waals surface area contributed by atoms with Gasteiger partial charge in [-0.3, -0.25) is 4.79 Å². The second-order valence-electron chi connectivity index (χ2n) is 4.54. The van der Waals surface area contributed by atoms with Crippen LogP contribution in [0.1, 0.15) is 28.4 Å². The highest BCUT2D eigenvalue weighted by Gasteiger charge is 2.13. The van der Waals surface area contributed by atoms with Crippen molar-refractivity contribution in [1.82, 2.24) is 0 Å². The lowest BCUT2D eigenvalue weighted by Gasteiger charge is -2.13. The van der Waals surface area contributed by atoms with Gasteiger partial charge >= 0.3 is 0 Å². The fourth-order valence-electron chi connectivity index (χ4n) is 2.05. The molecule has 20 heavy (non-hydrogen) atoms. The fourth-order valence-corrected chi connectivity index (χ4v) is 2.97. The minimum Gasteiger partial charge on any atom is -0.321 e. The van der Waals surface area contributed by atoms with Crippen LogP contribution in [-0.2, 0) is 6.42 Å². The Kier molecular flexibility index (Phi) is 5.21. The maximum Gasteiger partial charge on any atom is 0.256 e. The van der Waals surface area contributed by atoms with E-state index in [9.17, 15) is 4.79 Å². The van der Waals surface area contributed by atoms with Crippen molar-refractivity contribution >= 4 is 50.1 Å². The lowest BCUT2D eigenvalue weighted by atomic mass is 10.1. The van der Waals surface area contributed by atoms with Crippen LogP contribution in [0.15, 0.2) is 40.9 Å². The fraction of sp³-hybridized carbons (Fsp3) is 0.188. The number of rotatable bonds is 3. The number of benzene rings is 2. The first-order valence-corrected chi connectivity index (χ1v) is 8.25. The Morgan fingerprint density at radius 1 is 1.30 bits per heavy atom. The van der Waals surface area contributed by atoms with Crippen LogP contribution in [0.3, 0.4) is 0 Å². The molecule has 1 N–H and O–H groups in total. The molecule has 0 bridgehead atoms. The number of halogens is 2. The van der Waals surface area contributed by atoms with Gasteiger partial charge in [0.15, 0.2) is 0 Å². The monoisotopic (exact) mass is 443 g/mol. The number of carbonyl (C=O) groups is 1. The number of carbonyl (C=O) groups excluding carboxylic acids is 1. The molecule has 0 radical (unpaired) electrons. The van der Waals surface area contributed by atoms with E-state index in [0.29, 0.717) is 5.56 Å². The average molecular weight is 444 g/mol. The van der Waals surface area contributed by atoms with E-state index in [4.69, 9.17) is 0 Å². The summed E-state index contributed by atoms with van der Waals surface area (Å²) in [5.74, 6) is -0.0839. The maximum absolute atomic E-state index is 12.5. The molecular weight excluding hydrogens is 429 g/mol. The molecule has 0 heterocycles. The highest BCUT2D eigenvalue weighted by atomic mass is 127. The molecular formula is C16H15BrINO. The van der Waals surface area contributed by atoms with Crippen LogP contribution in [0.2, 0.25) is 0 Å². The summed E-state index contributed by atoms with van der Waals surface area (Å²) in [7, 11) is 0. The Morgan fingerprint density at radius 3 is 2.75 bits per heavy atom. The summed E-state index contributed by atoms with van der Waals surface area (Å²) in [5, 5.41) is 3.04. The normalized spacial score (nSPS) is 10.4. The Labute approximate surface area is 141 Å². The van der Waals surface area contributed by atoms with Crippen molar-refractivity contribution in [3.05, 3.63) is 61.1 Å². The number of para-hydroxylation sites is 1. The molecule has 2 nitrogen and oxygen atoms in total. The van der Waals surface area contributed by atoms with Crippen molar-refractivity contribution < 1.29 is 4.79 Å². The molecule has 0 spiro atoms. The van der Waals surface area contributed by atoms with Gasteiger partial charge in [0.1, 0.15) is 0 Å². The van der Waals surface area contributed by atoms with Crippen molar-refractivity contribution in [3.63, 3.8) is 0 Å². The summed E-state index contributed by atoms with van der Waals surface area (Å²) in [4.78, 5) is 12.5. The Balaban J connectivity index is 2.35. The summed E-state index contributed by atoms with van der Waals surface area (Å²) in [6, 6.07) is 11.8. The molecule has 1 amide bonds. The average Bonchev–Trinajstić information content (AvgIpc) is 2.43. The third kappa shape index (κ3) is 3.41. The van der Waals surface area contributed by atoms with Crippen molar-refractivity contribution in [1.29, 1.82) is 0 Å². The molecule has 0 atom stereocenters. The van der Waals surface area contributed by atoms with E-state index in [0.717, 1.165) is 31.3 Å². The first kappa shape index (κ1) is 15.5. The van der Waals surface area contributed by atoms with Gasteiger partial charge in [-0.1, -0.05) is 25.1 Å². The van der Waals surface area contributed by atoms with Gasteiger partial charge < -0.3 is 5.32 Å². The summed E-state index contributed by atoms with van der Waals surface area (Å²) >= 11 is 5.64. The van der Waals surface area contributed by atoms with Crippen LogP contribution in [0.5, 0.6) is 0 Å². The third-order valence-electron chi connectivity index (χ3n) is 3.15. The number of anilines is 1. The van der Waals surface area contributed by atoms with Crippen LogP contribution in [-0.4, -0.2) is 5.91 Å². The van der Waals surface area contributed by atoms with Gasteiger partial charge in [-0.05, 0) is 81.2 Å². The van der Waals surface area contributed by atoms with E-state index < -0.39 is 0 Å². The predicted molar refractivity (Wildman–Crippen MR) is 95.4 cm³/mol. The van der Waals surface area contributed by atoms with Crippen molar-refractivity contribution in [3.8, 4) is 0 Å². The van der Waals surface area contributed by atoms with Gasteiger partial charge in [-0.15, -0.1) is 0 Å². The van der Waals surface area contributed by atoms with Crippen LogP contribution in [0.25, 0.3) is 0 Å². The molecule has 2 aromatic carbocycles. The largest absolute Gasteiger partial charge is 0.321 e. The highest BCUT2D eigenvalue weighted by Crippen LogP contribution is 2.24. The van der Waals surface area contributed by atoms with Gasteiger partial charge in [0.2, 0.25) is 0 Å². The lowest BCUT2D eigenvalue weighted by molar-refractivity contribution is 0.102. The van der Waals surface area contributed by atoms with Crippen molar-refractivity contribution in [2.45, 2.75) is 20.3 Å². The number of nitrogens with one attached hydrogen (secondary N) is 1. The molecule has 0 aromatic heterocycles. The second kappa shape index (κ2) is 6.72. The van der Waals surface area contributed by atoms with E-state index in [-0.39, 0.29) is 5.91 Å². The number of hydrogen-bond donors (Lipinski definition) is 1. The summed E-state index contributed by atoms with van der Waals surface area (Å²) in [5.41, 5.74) is 3.81. The molecule has 2 rings (SSSR count). The first-order valence-electron chi connectivity index (χ1n) is 6.37. The van der Waals surface area contributed by atoms with E-state index in [1.165, 1.54) is 0 Å². The lowest BCUT2D eigenvalue weighted by Crippen LogP contribution is -2.15. The van der Waals surface area contributed by atoms with E-state index in [1.54, 1.807) is 0 Å². The number of aryl methyl sites for hydroxylation is 2. The highest BCUT2D eigenvalue weighted by molar-refractivity contribution is 14.1. The molecule has 0 fully saturated rings. The van der Waals surface area contributed by atoms with Gasteiger partial charge in [-0.25, -0.2) is 0 Å². The molecule has 0 aliphatic rings. The molecule has 4 heteroatoms. The van der Waals surface area contributed by atoms with E-state index >= 15 is 0 Å². The Bertz CT molecular complexity index is 655. The molecule has 0 aliphatic carbocycles. The standard InChI is InChI=1S/C16H15BrINO/c1-3-11-6-4-5-10(2)15(11)19-16(20)13-9-12(18)7-8-14(13)17/h4-9H,3H2,1-2H3,(H,19,20). The third-order valence-corrected chi connectivity index (χ3v) is 4.51. The zero-order valence-electron chi connectivity index (χ0n) is 11.3. The van der Waals surface area contributed by atoms with Crippen LogP contribution >= 0.6 is 38.5 Å². The van der Waals surface area contributed by atoms with Gasteiger partial charge in [0.05, 0.1) is 5.56 Å². The summed E-state index contributed by atoms with van der Waals surface area (Å²) < 4.78 is 1.85. The van der Waals surface area contributed by atoms with Gasteiger partial charge in [0, 0.05) is 13.7 Å². The first-order chi connectivity index (χ1) is 9.52. The molecule has 0 aliphatic heterocycles. The summed E-state index contributed by atoms with van der Waals surface area (Å²) in [6.45, 7) is 4.10. The number of hydrogen-bond acceptors (Lipinski definition) is 1. The second-order valence-corrected chi connectivity index (χ2v) is 6.64. The molecule has 104 valence electrons. The molecule has 0 unspecified atom stereocenters. The number of amides is 1. The van der Waals surface area contributed by atoms with Crippen molar-refractivity contribution in [2.75, 3.05) is 5.32 Å². The molecule has 0 saturated carbocycles. The van der Waals surface area contributed by atoms with Crippen LogP contribution in [0.4, 0.5) is 5.69 Å². The SMILES string of the molecule is CCc1cccc(C)c1NC(=O)c1cc(I)ccc1Br. The van der Waals surface area contributed by atoms with Gasteiger partial charge in [-0.2, -0.15) is 0 Å². The van der Waals surface area contributed by atoms with E-state index in [2.05, 4.69) is 50.8 Å². The quantitative estimate of drug-likeness (QED) is 0.651. The zero-order valence-corrected chi connectivity index (χ0v) is 15.1. The van der Waals surface area contributed by atoms with Crippen LogP contribution < -0.4 is 5.32 Å².